The first-order valence-corrected chi connectivity index (χ1v) is 13.5. The second kappa shape index (κ2) is 11.2. The lowest BCUT2D eigenvalue weighted by molar-refractivity contribution is 0.414. The number of aryl methyl sites for hydroxylation is 1. The van der Waals surface area contributed by atoms with Crippen molar-refractivity contribution < 1.29 is 14.6 Å². The summed E-state index contributed by atoms with van der Waals surface area (Å²) >= 11 is 0. The molecule has 0 amide bonds. The number of amidine groups is 1. The molecule has 2 heterocycles. The summed E-state index contributed by atoms with van der Waals surface area (Å²) in [6.45, 7) is 2.24. The number of anilines is 1. The third-order valence-corrected chi connectivity index (χ3v) is 7.36. The van der Waals surface area contributed by atoms with Crippen LogP contribution in [0.5, 0.6) is 17.2 Å². The number of nitrogens with zero attached hydrogens (tertiary/aromatic N) is 2. The molecule has 5 aromatic rings. The van der Waals surface area contributed by atoms with Gasteiger partial charge in [-0.2, -0.15) is 5.26 Å². The standard InChI is InChI=1S/C34H29N5O3/c1-21-14-27(42-26-10-4-7-23(17-26)19-35)12-13-32(21)39-34(36)29(20-37-39)33(40)31-18-28-24(8-5-11-30(28)38-31)15-22-6-3-9-25(16-22)41-2/h3-14,16-18,36-38,40H,15,20H2,1-2H3. The molecule has 0 aliphatic carbocycles. The highest BCUT2D eigenvalue weighted by atomic mass is 16.5. The first kappa shape index (κ1) is 26.7. The number of hydrazine groups is 1. The second-order valence-electron chi connectivity index (χ2n) is 10.1. The Morgan fingerprint density at radius 3 is 2.57 bits per heavy atom. The molecule has 0 spiro atoms. The minimum atomic E-state index is 0.0357. The van der Waals surface area contributed by atoms with Crippen LogP contribution in [0, 0.1) is 23.7 Å². The Morgan fingerprint density at radius 1 is 0.976 bits per heavy atom. The van der Waals surface area contributed by atoms with E-state index in [9.17, 15) is 5.11 Å². The number of fused-ring (bicyclic) bond motifs is 1. The summed E-state index contributed by atoms with van der Waals surface area (Å²) in [5.41, 5.74) is 9.63. The van der Waals surface area contributed by atoms with Gasteiger partial charge in [-0.1, -0.05) is 30.3 Å². The number of nitriles is 1. The molecule has 1 aliphatic heterocycles. The number of rotatable bonds is 7. The maximum Gasteiger partial charge on any atom is 0.148 e. The van der Waals surface area contributed by atoms with Gasteiger partial charge in [0.2, 0.25) is 0 Å². The number of benzene rings is 4. The Balaban J connectivity index is 1.24. The fraction of sp³-hybridized carbons (Fsp3) is 0.118. The molecule has 4 N–H and O–H groups in total. The van der Waals surface area contributed by atoms with E-state index >= 15 is 0 Å². The van der Waals surface area contributed by atoms with Crippen LogP contribution in [-0.2, 0) is 6.42 Å². The minimum absolute atomic E-state index is 0.0357. The number of aromatic nitrogens is 1. The van der Waals surface area contributed by atoms with E-state index in [0.29, 0.717) is 34.9 Å². The number of methoxy groups -OCH3 is 1. The van der Waals surface area contributed by atoms with Gasteiger partial charge in [0, 0.05) is 17.4 Å². The monoisotopic (exact) mass is 555 g/mol. The summed E-state index contributed by atoms with van der Waals surface area (Å²) in [6.07, 6.45) is 0.719. The van der Waals surface area contributed by atoms with Crippen molar-refractivity contribution in [2.24, 2.45) is 0 Å². The maximum absolute atomic E-state index is 11.3. The predicted octanol–water partition coefficient (Wildman–Crippen LogP) is 7.01. The number of aliphatic hydroxyl groups is 1. The van der Waals surface area contributed by atoms with E-state index in [1.165, 1.54) is 0 Å². The average molecular weight is 556 g/mol. The van der Waals surface area contributed by atoms with E-state index in [1.807, 2.05) is 61.5 Å². The van der Waals surface area contributed by atoms with Crippen molar-refractivity contribution in [2.45, 2.75) is 13.3 Å². The minimum Gasteiger partial charge on any atom is -0.505 e. The number of hydrogen-bond donors (Lipinski definition) is 4. The zero-order valence-electron chi connectivity index (χ0n) is 23.2. The first-order chi connectivity index (χ1) is 20.4. The van der Waals surface area contributed by atoms with Crippen molar-refractivity contribution in [1.82, 2.24) is 10.4 Å². The summed E-state index contributed by atoms with van der Waals surface area (Å²) < 4.78 is 11.3. The maximum atomic E-state index is 11.3. The van der Waals surface area contributed by atoms with Gasteiger partial charge < -0.3 is 19.6 Å². The molecule has 0 radical (unpaired) electrons. The Morgan fingerprint density at radius 2 is 1.76 bits per heavy atom. The molecule has 6 rings (SSSR count). The fourth-order valence-corrected chi connectivity index (χ4v) is 5.23. The summed E-state index contributed by atoms with van der Waals surface area (Å²) in [6, 6.07) is 30.7. The van der Waals surface area contributed by atoms with E-state index in [4.69, 9.17) is 20.1 Å². The van der Waals surface area contributed by atoms with Crippen LogP contribution in [-0.4, -0.2) is 29.6 Å². The van der Waals surface area contributed by atoms with Crippen molar-refractivity contribution in [1.29, 1.82) is 10.7 Å². The molecule has 0 saturated carbocycles. The van der Waals surface area contributed by atoms with E-state index in [2.05, 4.69) is 28.6 Å². The molecular weight excluding hydrogens is 526 g/mol. The Kier molecular flexibility index (Phi) is 7.09. The summed E-state index contributed by atoms with van der Waals surface area (Å²) in [4.78, 5) is 3.33. The van der Waals surface area contributed by atoms with Gasteiger partial charge in [0.15, 0.2) is 0 Å². The van der Waals surface area contributed by atoms with Gasteiger partial charge in [-0.3, -0.25) is 10.4 Å². The normalized spacial score (nSPS) is 14.2. The lowest BCUT2D eigenvalue weighted by Gasteiger charge is -2.20. The molecule has 42 heavy (non-hydrogen) atoms. The number of ether oxygens (including phenoxy) is 2. The molecule has 4 aromatic carbocycles. The number of H-pyrrole nitrogens is 1. The van der Waals surface area contributed by atoms with E-state index in [0.717, 1.165) is 45.5 Å². The van der Waals surface area contributed by atoms with Gasteiger partial charge in [0.1, 0.15) is 28.8 Å². The molecule has 1 aromatic heterocycles. The van der Waals surface area contributed by atoms with Crippen molar-refractivity contribution in [2.75, 3.05) is 18.7 Å². The largest absolute Gasteiger partial charge is 0.505 e. The van der Waals surface area contributed by atoms with E-state index in [-0.39, 0.29) is 11.6 Å². The molecule has 1 saturated heterocycles. The molecular formula is C34H29N5O3. The summed E-state index contributed by atoms with van der Waals surface area (Å²) in [5, 5.41) is 32.0. The number of nitrogens with one attached hydrogen (secondary N) is 3. The predicted molar refractivity (Wildman–Crippen MR) is 164 cm³/mol. The SMILES string of the molecule is COc1cccc(Cc2cccc3[nH]c(C(O)=C4CNN(c5ccc(Oc6cccc(C#N)c6)cc5C)C4=N)cc23)c1. The molecule has 8 nitrogen and oxygen atoms in total. The van der Waals surface area contributed by atoms with Gasteiger partial charge in [-0.15, -0.1) is 0 Å². The molecule has 1 fully saturated rings. The third kappa shape index (κ3) is 5.17. The topological polar surface area (TPSA) is 117 Å². The first-order valence-electron chi connectivity index (χ1n) is 13.5. The van der Waals surface area contributed by atoms with Gasteiger partial charge >= 0.3 is 0 Å². The van der Waals surface area contributed by atoms with Crippen LogP contribution in [0.2, 0.25) is 0 Å². The van der Waals surface area contributed by atoms with E-state index in [1.54, 1.807) is 36.4 Å². The van der Waals surface area contributed by atoms with Crippen LogP contribution in [0.15, 0.2) is 96.6 Å². The van der Waals surface area contributed by atoms with Crippen LogP contribution in [0.4, 0.5) is 5.69 Å². The lowest BCUT2D eigenvalue weighted by atomic mass is 10.0. The van der Waals surface area contributed by atoms with Crippen LogP contribution in [0.3, 0.4) is 0 Å². The third-order valence-electron chi connectivity index (χ3n) is 7.36. The number of aliphatic hydroxyl groups excluding tert-OH is 1. The molecule has 1 aliphatic rings. The highest BCUT2D eigenvalue weighted by Crippen LogP contribution is 2.32. The molecule has 8 heteroatoms. The zero-order chi connectivity index (χ0) is 29.2. The summed E-state index contributed by atoms with van der Waals surface area (Å²) in [5.74, 6) is 2.22. The quantitative estimate of drug-likeness (QED) is 0.161. The molecule has 0 unspecified atom stereocenters. The Hall–Kier alpha value is -5.52. The van der Waals surface area contributed by atoms with Gasteiger partial charge in [-0.25, -0.2) is 5.43 Å². The van der Waals surface area contributed by atoms with Gasteiger partial charge in [-0.05, 0) is 90.7 Å². The Bertz CT molecular complexity index is 1900. The molecule has 0 bridgehead atoms. The summed E-state index contributed by atoms with van der Waals surface area (Å²) in [7, 11) is 1.66. The van der Waals surface area contributed by atoms with Crippen LogP contribution < -0.4 is 19.9 Å². The van der Waals surface area contributed by atoms with Crippen molar-refractivity contribution in [3.8, 4) is 23.3 Å². The lowest BCUT2D eigenvalue weighted by Crippen LogP contribution is -2.34. The zero-order valence-corrected chi connectivity index (χ0v) is 23.2. The van der Waals surface area contributed by atoms with Crippen LogP contribution in [0.25, 0.3) is 16.7 Å². The second-order valence-corrected chi connectivity index (χ2v) is 10.1. The molecule has 0 atom stereocenters. The van der Waals surface area contributed by atoms with Crippen molar-refractivity contribution >= 4 is 28.2 Å². The van der Waals surface area contributed by atoms with Crippen molar-refractivity contribution in [3.05, 3.63) is 125 Å². The Labute approximate surface area is 243 Å². The fourth-order valence-electron chi connectivity index (χ4n) is 5.23. The van der Waals surface area contributed by atoms with Gasteiger partial charge in [0.25, 0.3) is 0 Å². The number of hydrogen-bond acceptors (Lipinski definition) is 6. The van der Waals surface area contributed by atoms with Crippen LogP contribution >= 0.6 is 0 Å². The van der Waals surface area contributed by atoms with Gasteiger partial charge in [0.05, 0.1) is 35.7 Å². The smallest absolute Gasteiger partial charge is 0.148 e. The average Bonchev–Trinajstić information content (AvgIpc) is 3.62. The van der Waals surface area contributed by atoms with E-state index < -0.39 is 0 Å². The highest BCUT2D eigenvalue weighted by molar-refractivity contribution is 6.13. The van der Waals surface area contributed by atoms with Crippen molar-refractivity contribution in [3.63, 3.8) is 0 Å². The van der Waals surface area contributed by atoms with Crippen LogP contribution in [0.1, 0.15) is 27.9 Å². The highest BCUT2D eigenvalue weighted by Gasteiger charge is 2.29. The number of aromatic amines is 1. The molecule has 208 valence electrons.